The van der Waals surface area contributed by atoms with Crippen LogP contribution in [0.3, 0.4) is 0 Å². The summed E-state index contributed by atoms with van der Waals surface area (Å²) in [5.74, 6) is 1.27. The van der Waals surface area contributed by atoms with Gasteiger partial charge in [0, 0.05) is 38.3 Å². The number of unbranched alkanes of at least 4 members (excludes halogenated alkanes) is 1. The lowest BCUT2D eigenvalue weighted by atomic mass is 10.1. The van der Waals surface area contributed by atoms with Crippen molar-refractivity contribution in [1.82, 2.24) is 14.9 Å². The second-order valence-electron chi connectivity index (χ2n) is 7.65. The van der Waals surface area contributed by atoms with E-state index in [-0.39, 0.29) is 5.91 Å². The number of nitrogens with one attached hydrogen (secondary N) is 1. The Labute approximate surface area is 172 Å². The molecule has 1 saturated heterocycles. The Balaban J connectivity index is 1.16. The highest BCUT2D eigenvalue weighted by Crippen LogP contribution is 2.23. The number of amides is 1. The molecular formula is C22H29N5O2. The van der Waals surface area contributed by atoms with Crippen LogP contribution < -0.4 is 15.0 Å². The molecule has 0 radical (unpaired) electrons. The number of aryl methyl sites for hydroxylation is 1. The van der Waals surface area contributed by atoms with E-state index in [1.54, 1.807) is 0 Å². The third-order valence-corrected chi connectivity index (χ3v) is 5.55. The zero-order valence-corrected chi connectivity index (χ0v) is 16.8. The van der Waals surface area contributed by atoms with Gasteiger partial charge in [0.05, 0.1) is 18.5 Å². The average molecular weight is 396 g/mol. The molecule has 154 valence electrons. The number of aromatic nitrogens is 2. The minimum absolute atomic E-state index is 0.0293. The molecule has 7 nitrogen and oxygen atoms in total. The van der Waals surface area contributed by atoms with Crippen molar-refractivity contribution in [3.63, 3.8) is 0 Å². The number of hydrogen-bond donors (Lipinski definition) is 1. The highest BCUT2D eigenvalue weighted by Gasteiger charge is 2.17. The summed E-state index contributed by atoms with van der Waals surface area (Å²) in [4.78, 5) is 25.1. The van der Waals surface area contributed by atoms with Crippen LogP contribution in [0.5, 0.6) is 5.88 Å². The summed E-state index contributed by atoms with van der Waals surface area (Å²) in [6.45, 7) is 6.11. The third kappa shape index (κ3) is 5.44. The first-order valence-corrected chi connectivity index (χ1v) is 10.6. The fraction of sp³-hybridized carbons (Fsp3) is 0.500. The maximum Gasteiger partial charge on any atom is 0.225 e. The first-order valence-electron chi connectivity index (χ1n) is 10.6. The first-order chi connectivity index (χ1) is 14.3. The number of pyridine rings is 2. The van der Waals surface area contributed by atoms with Crippen LogP contribution in [-0.4, -0.2) is 60.1 Å². The van der Waals surface area contributed by atoms with Gasteiger partial charge in [0.15, 0.2) is 0 Å². The summed E-state index contributed by atoms with van der Waals surface area (Å²) in [5.41, 5.74) is 2.30. The molecule has 0 atom stereocenters. The highest BCUT2D eigenvalue weighted by molar-refractivity contribution is 5.92. The second kappa shape index (κ2) is 9.69. The number of carbonyl (C=O) groups excluding carboxylic acids is 1. The zero-order valence-electron chi connectivity index (χ0n) is 16.8. The van der Waals surface area contributed by atoms with Gasteiger partial charge in [0.2, 0.25) is 11.8 Å². The molecule has 2 aromatic rings. The van der Waals surface area contributed by atoms with Crippen LogP contribution in [0.2, 0.25) is 0 Å². The number of rotatable bonds is 7. The number of hydrogen-bond acceptors (Lipinski definition) is 6. The molecule has 2 aliphatic rings. The Hall–Kier alpha value is -2.67. The summed E-state index contributed by atoms with van der Waals surface area (Å²) in [6, 6.07) is 8.05. The Morgan fingerprint density at radius 2 is 2.03 bits per heavy atom. The molecule has 0 bridgehead atoms. The Kier molecular flexibility index (Phi) is 6.56. The summed E-state index contributed by atoms with van der Waals surface area (Å²) in [6.07, 6.45) is 8.34. The lowest BCUT2D eigenvalue weighted by molar-refractivity contribution is -0.116. The number of nitrogens with zero attached hydrogens (tertiary/aromatic N) is 4. The molecule has 0 spiro atoms. The van der Waals surface area contributed by atoms with E-state index in [0.717, 1.165) is 57.5 Å². The van der Waals surface area contributed by atoms with Crippen molar-refractivity contribution in [1.29, 1.82) is 0 Å². The van der Waals surface area contributed by atoms with Crippen LogP contribution in [0.25, 0.3) is 0 Å². The smallest absolute Gasteiger partial charge is 0.225 e. The fourth-order valence-electron chi connectivity index (χ4n) is 3.91. The Bertz CT molecular complexity index is 814. The van der Waals surface area contributed by atoms with Crippen LogP contribution in [-0.2, 0) is 11.2 Å². The summed E-state index contributed by atoms with van der Waals surface area (Å²) < 4.78 is 5.80. The van der Waals surface area contributed by atoms with Crippen molar-refractivity contribution >= 4 is 17.4 Å². The highest BCUT2D eigenvalue weighted by atomic mass is 16.5. The predicted octanol–water partition coefficient (Wildman–Crippen LogP) is 2.73. The molecule has 0 unspecified atom stereocenters. The molecule has 4 rings (SSSR count). The molecule has 2 aromatic heterocycles. The lowest BCUT2D eigenvalue weighted by Gasteiger charge is -2.23. The van der Waals surface area contributed by atoms with E-state index in [4.69, 9.17) is 4.74 Å². The Morgan fingerprint density at radius 3 is 2.93 bits per heavy atom. The number of fused-ring (bicyclic) bond motifs is 1. The topological polar surface area (TPSA) is 70.6 Å². The first kappa shape index (κ1) is 19.6. The van der Waals surface area contributed by atoms with Crippen molar-refractivity contribution < 1.29 is 9.53 Å². The van der Waals surface area contributed by atoms with Crippen LogP contribution in [0.15, 0.2) is 36.7 Å². The van der Waals surface area contributed by atoms with Crippen LogP contribution in [0.1, 0.15) is 31.2 Å². The van der Waals surface area contributed by atoms with Crippen molar-refractivity contribution in [3.05, 3.63) is 42.2 Å². The van der Waals surface area contributed by atoms with Gasteiger partial charge in [-0.3, -0.25) is 9.78 Å². The SMILES string of the molecule is O=C1CCc2ccc(OCCCCN3CCCN(c4cccnc4)CC3)nc2N1. The monoisotopic (exact) mass is 395 g/mol. The third-order valence-electron chi connectivity index (χ3n) is 5.55. The molecule has 1 amide bonds. The molecule has 7 heteroatoms. The van der Waals surface area contributed by atoms with Crippen molar-refractivity contribution in [2.24, 2.45) is 0 Å². The molecule has 0 aliphatic carbocycles. The molecule has 0 aromatic carbocycles. The van der Waals surface area contributed by atoms with E-state index in [2.05, 4.69) is 31.2 Å². The second-order valence-corrected chi connectivity index (χ2v) is 7.65. The van der Waals surface area contributed by atoms with Gasteiger partial charge in [0.1, 0.15) is 5.82 Å². The molecule has 1 N–H and O–H groups in total. The van der Waals surface area contributed by atoms with E-state index in [1.807, 2.05) is 30.6 Å². The summed E-state index contributed by atoms with van der Waals surface area (Å²) >= 11 is 0. The van der Waals surface area contributed by atoms with Crippen LogP contribution in [0, 0.1) is 0 Å². The minimum atomic E-state index is 0.0293. The molecule has 0 saturated carbocycles. The quantitative estimate of drug-likeness (QED) is 0.727. The normalized spacial score (nSPS) is 17.4. The minimum Gasteiger partial charge on any atom is -0.478 e. The maximum atomic E-state index is 11.5. The Morgan fingerprint density at radius 1 is 1.07 bits per heavy atom. The van der Waals surface area contributed by atoms with Gasteiger partial charge in [-0.15, -0.1) is 0 Å². The molecule has 4 heterocycles. The van der Waals surface area contributed by atoms with E-state index in [0.29, 0.717) is 24.7 Å². The van der Waals surface area contributed by atoms with Crippen LogP contribution >= 0.6 is 0 Å². The molecule has 29 heavy (non-hydrogen) atoms. The van der Waals surface area contributed by atoms with Crippen LogP contribution in [0.4, 0.5) is 11.5 Å². The van der Waals surface area contributed by atoms with Gasteiger partial charge < -0.3 is 19.9 Å². The largest absolute Gasteiger partial charge is 0.478 e. The average Bonchev–Trinajstić information content (AvgIpc) is 2.99. The summed E-state index contributed by atoms with van der Waals surface area (Å²) in [7, 11) is 0. The van der Waals surface area contributed by atoms with E-state index in [1.165, 1.54) is 12.1 Å². The number of ether oxygens (including phenoxy) is 1. The van der Waals surface area contributed by atoms with Gasteiger partial charge in [-0.05, 0) is 62.5 Å². The molecular weight excluding hydrogens is 366 g/mol. The van der Waals surface area contributed by atoms with E-state index < -0.39 is 0 Å². The maximum absolute atomic E-state index is 11.5. The summed E-state index contributed by atoms with van der Waals surface area (Å²) in [5, 5.41) is 2.82. The van der Waals surface area contributed by atoms with Crippen molar-refractivity contribution in [2.45, 2.75) is 32.1 Å². The molecule has 2 aliphatic heterocycles. The zero-order chi connectivity index (χ0) is 19.9. The fourth-order valence-corrected chi connectivity index (χ4v) is 3.91. The van der Waals surface area contributed by atoms with E-state index in [9.17, 15) is 4.79 Å². The van der Waals surface area contributed by atoms with Gasteiger partial charge >= 0.3 is 0 Å². The standard InChI is InChI=1S/C22H29N5O2/c28-20-8-6-18-7-9-21(25-22(18)24-20)29-16-2-1-11-26-12-4-13-27(15-14-26)19-5-3-10-23-17-19/h3,5,7,9-10,17H,1-2,4,6,8,11-16H2,(H,24,25,28). The number of carbonyl (C=O) groups is 1. The van der Waals surface area contributed by atoms with Gasteiger partial charge in [-0.2, -0.15) is 4.98 Å². The van der Waals surface area contributed by atoms with Crippen molar-refractivity contribution in [3.8, 4) is 5.88 Å². The van der Waals surface area contributed by atoms with Gasteiger partial charge in [-0.1, -0.05) is 0 Å². The van der Waals surface area contributed by atoms with E-state index >= 15 is 0 Å². The van der Waals surface area contributed by atoms with Crippen molar-refractivity contribution in [2.75, 3.05) is 49.5 Å². The predicted molar refractivity (Wildman–Crippen MR) is 113 cm³/mol. The van der Waals surface area contributed by atoms with Gasteiger partial charge in [-0.25, -0.2) is 0 Å². The lowest BCUT2D eigenvalue weighted by Crippen LogP contribution is -2.31. The number of anilines is 2. The molecule has 1 fully saturated rings. The van der Waals surface area contributed by atoms with Gasteiger partial charge in [0.25, 0.3) is 0 Å².